The molecule has 0 spiro atoms. The fourth-order valence-corrected chi connectivity index (χ4v) is 3.73. The van der Waals surface area contributed by atoms with Gasteiger partial charge in [-0.2, -0.15) is 13.2 Å². The third-order valence-corrected chi connectivity index (χ3v) is 5.54. The molecule has 0 aromatic carbocycles. The van der Waals surface area contributed by atoms with E-state index in [1.54, 1.807) is 4.98 Å². The van der Waals surface area contributed by atoms with Gasteiger partial charge in [-0.15, -0.1) is 6.42 Å². The lowest BCUT2D eigenvalue weighted by Gasteiger charge is -2.18. The van der Waals surface area contributed by atoms with Gasteiger partial charge in [0.2, 0.25) is 0 Å². The molecule has 1 fully saturated rings. The molecule has 0 unspecified atom stereocenters. The molecule has 190 valence electrons. The number of halogens is 3. The van der Waals surface area contributed by atoms with E-state index in [0.717, 1.165) is 19.3 Å². The molecule has 34 heavy (non-hydrogen) atoms. The number of alkyl halides is 3. The van der Waals surface area contributed by atoms with Crippen molar-refractivity contribution in [1.29, 1.82) is 0 Å². The SMILES string of the molecule is C#CCO[C@H]1C[C@H](n2cc(C(F)(F)F)c(=O)[nH]c2=O)O[C@@H]1COC(=O)CCCCCCCCC. The van der Waals surface area contributed by atoms with E-state index >= 15 is 0 Å². The standard InChI is InChI=1S/C23H31F3N2O6/c1-3-5-6-7-8-9-10-11-20(29)33-15-18-17(32-12-4-2)13-19(34-18)28-14-16(23(24,25)26)21(30)27-22(28)31/h2,14,17-19H,3,5-13,15H2,1H3,(H,27,30,31)/t17-,18+,19+/m0/s1. The monoisotopic (exact) mass is 488 g/mol. The summed E-state index contributed by atoms with van der Waals surface area (Å²) in [7, 11) is 0. The molecule has 1 aliphatic heterocycles. The Labute approximate surface area is 195 Å². The molecule has 0 bridgehead atoms. The van der Waals surface area contributed by atoms with E-state index in [9.17, 15) is 27.6 Å². The van der Waals surface area contributed by atoms with Crippen LogP contribution in [-0.2, 0) is 25.2 Å². The van der Waals surface area contributed by atoms with Crippen molar-refractivity contribution in [3.63, 3.8) is 0 Å². The summed E-state index contributed by atoms with van der Waals surface area (Å²) in [5, 5.41) is 0. The van der Waals surface area contributed by atoms with E-state index < -0.39 is 47.4 Å². The Morgan fingerprint density at radius 2 is 1.91 bits per heavy atom. The predicted octanol–water partition coefficient (Wildman–Crippen LogP) is 3.55. The normalized spacial score (nSPS) is 20.3. The number of nitrogens with zero attached hydrogens (tertiary/aromatic N) is 1. The first-order valence-corrected chi connectivity index (χ1v) is 11.5. The van der Waals surface area contributed by atoms with Gasteiger partial charge in [0.15, 0.2) is 0 Å². The molecule has 1 aliphatic rings. The highest BCUT2D eigenvalue weighted by molar-refractivity contribution is 5.69. The van der Waals surface area contributed by atoms with E-state index in [4.69, 9.17) is 20.6 Å². The third kappa shape index (κ3) is 8.33. The average molecular weight is 489 g/mol. The largest absolute Gasteiger partial charge is 0.463 e. The number of rotatable bonds is 13. The second kappa shape index (κ2) is 13.3. The van der Waals surface area contributed by atoms with E-state index in [0.29, 0.717) is 17.2 Å². The van der Waals surface area contributed by atoms with Crippen LogP contribution in [0.3, 0.4) is 0 Å². The molecule has 8 nitrogen and oxygen atoms in total. The topological polar surface area (TPSA) is 99.6 Å². The second-order valence-electron chi connectivity index (χ2n) is 8.18. The summed E-state index contributed by atoms with van der Waals surface area (Å²) in [5.41, 5.74) is -4.13. The fraction of sp³-hybridized carbons (Fsp3) is 0.696. The first kappa shape index (κ1) is 27.7. The Bertz CT molecular complexity index is 950. The number of hydrogen-bond donors (Lipinski definition) is 1. The quantitative estimate of drug-likeness (QED) is 0.259. The van der Waals surface area contributed by atoms with Gasteiger partial charge < -0.3 is 14.2 Å². The number of aromatic amines is 1. The van der Waals surface area contributed by atoms with Crippen molar-refractivity contribution < 1.29 is 32.2 Å². The van der Waals surface area contributed by atoms with E-state index in [1.807, 2.05) is 0 Å². The van der Waals surface area contributed by atoms with Crippen LogP contribution < -0.4 is 11.2 Å². The lowest BCUT2D eigenvalue weighted by molar-refractivity contribution is -0.151. The summed E-state index contributed by atoms with van der Waals surface area (Å²) in [6.07, 6.45) is 5.53. The second-order valence-corrected chi connectivity index (χ2v) is 8.18. The molecule has 0 radical (unpaired) electrons. The zero-order valence-corrected chi connectivity index (χ0v) is 19.2. The Balaban J connectivity index is 1.96. The zero-order valence-electron chi connectivity index (χ0n) is 19.2. The summed E-state index contributed by atoms with van der Waals surface area (Å²) in [6.45, 7) is 1.84. The van der Waals surface area contributed by atoms with Crippen LogP contribution in [0.25, 0.3) is 0 Å². The average Bonchev–Trinajstić information content (AvgIpc) is 3.17. The number of carbonyl (C=O) groups is 1. The Kier molecular flexibility index (Phi) is 10.9. The predicted molar refractivity (Wildman–Crippen MR) is 117 cm³/mol. The number of nitrogens with one attached hydrogen (secondary N) is 1. The van der Waals surface area contributed by atoms with Gasteiger partial charge in [-0.3, -0.25) is 19.1 Å². The van der Waals surface area contributed by atoms with Crippen molar-refractivity contribution in [2.75, 3.05) is 13.2 Å². The third-order valence-electron chi connectivity index (χ3n) is 5.54. The molecule has 1 saturated heterocycles. The van der Waals surface area contributed by atoms with Crippen molar-refractivity contribution in [3.05, 3.63) is 32.6 Å². The molecule has 2 rings (SSSR count). The first-order chi connectivity index (χ1) is 16.2. The minimum atomic E-state index is -4.95. The molecule has 0 amide bonds. The van der Waals surface area contributed by atoms with Crippen molar-refractivity contribution in [1.82, 2.24) is 9.55 Å². The minimum Gasteiger partial charge on any atom is -0.463 e. The van der Waals surface area contributed by atoms with Crippen LogP contribution in [0.15, 0.2) is 15.8 Å². The number of carbonyl (C=O) groups excluding carboxylic acids is 1. The van der Waals surface area contributed by atoms with Gasteiger partial charge in [-0.25, -0.2) is 4.79 Å². The van der Waals surface area contributed by atoms with Gasteiger partial charge in [0.25, 0.3) is 5.56 Å². The van der Waals surface area contributed by atoms with Gasteiger partial charge in [0.1, 0.15) is 31.1 Å². The summed E-state index contributed by atoms with van der Waals surface area (Å²) >= 11 is 0. The van der Waals surface area contributed by atoms with Crippen LogP contribution in [0.5, 0.6) is 0 Å². The van der Waals surface area contributed by atoms with Crippen LogP contribution in [0.2, 0.25) is 0 Å². The van der Waals surface area contributed by atoms with Crippen molar-refractivity contribution in [3.8, 4) is 12.3 Å². The van der Waals surface area contributed by atoms with Gasteiger partial charge in [-0.05, 0) is 6.42 Å². The molecule has 2 heterocycles. The molecule has 3 atom stereocenters. The van der Waals surface area contributed by atoms with Crippen molar-refractivity contribution in [2.45, 2.75) is 89.3 Å². The lowest BCUT2D eigenvalue weighted by Crippen LogP contribution is -2.36. The zero-order chi connectivity index (χ0) is 25.1. The van der Waals surface area contributed by atoms with Gasteiger partial charge >= 0.3 is 17.8 Å². The summed E-state index contributed by atoms with van der Waals surface area (Å²) in [6, 6.07) is 0. The number of terminal acetylenes is 1. The molecular weight excluding hydrogens is 457 g/mol. The number of unbranched alkanes of at least 4 members (excludes halogenated alkanes) is 6. The molecule has 0 saturated carbocycles. The van der Waals surface area contributed by atoms with Crippen molar-refractivity contribution >= 4 is 5.97 Å². The van der Waals surface area contributed by atoms with E-state index in [1.165, 1.54) is 19.3 Å². The molecule has 0 aliphatic carbocycles. The van der Waals surface area contributed by atoms with E-state index in [-0.39, 0.29) is 26.1 Å². The fourth-order valence-electron chi connectivity index (χ4n) is 3.73. The molecular formula is C23H31F3N2O6. The van der Waals surface area contributed by atoms with Crippen LogP contribution in [0, 0.1) is 12.3 Å². The number of esters is 1. The minimum absolute atomic E-state index is 0.0229. The first-order valence-electron chi connectivity index (χ1n) is 11.5. The highest BCUT2D eigenvalue weighted by Gasteiger charge is 2.40. The number of ether oxygens (including phenoxy) is 3. The molecule has 1 aromatic heterocycles. The Hall–Kier alpha value is -2.58. The van der Waals surface area contributed by atoms with Crippen molar-refractivity contribution in [2.24, 2.45) is 0 Å². The maximum atomic E-state index is 13.1. The summed E-state index contributed by atoms with van der Waals surface area (Å²) in [5.74, 6) is 1.87. The van der Waals surface area contributed by atoms with Crippen LogP contribution in [0.1, 0.15) is 76.5 Å². The van der Waals surface area contributed by atoms with Gasteiger partial charge in [-0.1, -0.05) is 51.4 Å². The maximum Gasteiger partial charge on any atom is 0.423 e. The summed E-state index contributed by atoms with van der Waals surface area (Å²) < 4.78 is 56.4. The highest BCUT2D eigenvalue weighted by atomic mass is 19.4. The van der Waals surface area contributed by atoms with E-state index in [2.05, 4.69) is 12.8 Å². The Morgan fingerprint density at radius 3 is 2.56 bits per heavy atom. The van der Waals surface area contributed by atoms with Crippen LogP contribution >= 0.6 is 0 Å². The highest BCUT2D eigenvalue weighted by Crippen LogP contribution is 2.32. The summed E-state index contributed by atoms with van der Waals surface area (Å²) in [4.78, 5) is 37.4. The lowest BCUT2D eigenvalue weighted by atomic mass is 10.1. The number of aromatic nitrogens is 2. The molecule has 11 heteroatoms. The number of hydrogen-bond acceptors (Lipinski definition) is 6. The molecule has 1 aromatic rings. The Morgan fingerprint density at radius 1 is 1.24 bits per heavy atom. The smallest absolute Gasteiger partial charge is 0.423 e. The van der Waals surface area contributed by atoms with Gasteiger partial charge in [0, 0.05) is 19.0 Å². The van der Waals surface area contributed by atoms with Crippen LogP contribution in [0.4, 0.5) is 13.2 Å². The number of H-pyrrole nitrogens is 1. The van der Waals surface area contributed by atoms with Gasteiger partial charge in [0.05, 0.1) is 6.10 Å². The molecule has 1 N–H and O–H groups in total. The van der Waals surface area contributed by atoms with Crippen LogP contribution in [-0.4, -0.2) is 40.9 Å². The maximum absolute atomic E-state index is 13.1.